The summed E-state index contributed by atoms with van der Waals surface area (Å²) >= 11 is 0. The molecular weight excluding hydrogens is 352 g/mol. The molecule has 0 aliphatic carbocycles. The minimum absolute atomic E-state index is 0.0808. The second-order valence-electron chi connectivity index (χ2n) is 6.60. The van der Waals surface area contributed by atoms with Gasteiger partial charge in [-0.3, -0.25) is 9.78 Å². The Morgan fingerprint density at radius 2 is 1.82 bits per heavy atom. The molecule has 3 rings (SSSR count). The number of fused-ring (bicyclic) bond motifs is 1. The number of nitrogens with zero attached hydrogens (tertiary/aromatic N) is 5. The summed E-state index contributed by atoms with van der Waals surface area (Å²) in [5.74, 6) is 0.796. The van der Waals surface area contributed by atoms with Crippen molar-refractivity contribution in [2.75, 3.05) is 43.9 Å². The molecule has 1 amide bonds. The van der Waals surface area contributed by atoms with Gasteiger partial charge in [-0.05, 0) is 25.1 Å². The van der Waals surface area contributed by atoms with E-state index in [4.69, 9.17) is 4.98 Å². The van der Waals surface area contributed by atoms with Gasteiger partial charge >= 0.3 is 0 Å². The van der Waals surface area contributed by atoms with Crippen molar-refractivity contribution < 1.29 is 4.79 Å². The van der Waals surface area contributed by atoms with Gasteiger partial charge in [0.15, 0.2) is 5.82 Å². The van der Waals surface area contributed by atoms with Gasteiger partial charge in [0.2, 0.25) is 5.91 Å². The number of likely N-dealkylation sites (N-methyl/N-ethyl adjacent to an activating group) is 2. The van der Waals surface area contributed by atoms with E-state index in [2.05, 4.69) is 51.4 Å². The minimum Gasteiger partial charge on any atom is -0.371 e. The maximum absolute atomic E-state index is 11.4. The average Bonchev–Trinajstić information content (AvgIpc) is 2.73. The van der Waals surface area contributed by atoms with E-state index in [-0.39, 0.29) is 5.91 Å². The number of benzene rings is 1. The first-order chi connectivity index (χ1) is 13.5. The molecule has 0 saturated carbocycles. The van der Waals surface area contributed by atoms with Crippen molar-refractivity contribution in [1.29, 1.82) is 0 Å². The lowest BCUT2D eigenvalue weighted by molar-refractivity contribution is -0.127. The van der Waals surface area contributed by atoms with Gasteiger partial charge in [-0.2, -0.15) is 0 Å². The number of hydrogen-bond acceptors (Lipinski definition) is 6. The summed E-state index contributed by atoms with van der Waals surface area (Å²) in [5, 5.41) is 3.10. The van der Waals surface area contributed by atoms with Crippen LogP contribution in [0.3, 0.4) is 0 Å². The highest BCUT2D eigenvalue weighted by molar-refractivity contribution is 5.88. The van der Waals surface area contributed by atoms with Crippen LogP contribution in [0, 0.1) is 0 Å². The average molecular weight is 378 g/mol. The lowest BCUT2D eigenvalue weighted by atomic mass is 10.1. The van der Waals surface area contributed by atoms with Crippen LogP contribution in [0.4, 0.5) is 11.5 Å². The van der Waals surface area contributed by atoms with Gasteiger partial charge < -0.3 is 15.1 Å². The summed E-state index contributed by atoms with van der Waals surface area (Å²) in [5.41, 5.74) is 4.56. The molecule has 0 unspecified atom stereocenters. The molecule has 0 spiro atoms. The van der Waals surface area contributed by atoms with Gasteiger partial charge in [0.05, 0.1) is 11.2 Å². The molecule has 0 fully saturated rings. The van der Waals surface area contributed by atoms with E-state index in [9.17, 15) is 4.79 Å². The van der Waals surface area contributed by atoms with Crippen LogP contribution >= 0.6 is 0 Å². The van der Waals surface area contributed by atoms with Crippen molar-refractivity contribution in [3.05, 3.63) is 42.7 Å². The van der Waals surface area contributed by atoms with Crippen LogP contribution < -0.4 is 10.2 Å². The quantitative estimate of drug-likeness (QED) is 0.681. The van der Waals surface area contributed by atoms with Crippen LogP contribution in [-0.2, 0) is 4.79 Å². The first kappa shape index (κ1) is 19.5. The molecule has 7 nitrogen and oxygen atoms in total. The number of aromatic nitrogens is 3. The van der Waals surface area contributed by atoms with Crippen LogP contribution in [0.25, 0.3) is 22.3 Å². The van der Waals surface area contributed by atoms with Crippen molar-refractivity contribution in [2.24, 2.45) is 0 Å². The number of rotatable bonds is 7. The molecule has 0 aliphatic heterocycles. The summed E-state index contributed by atoms with van der Waals surface area (Å²) in [6.45, 7) is 6.07. The van der Waals surface area contributed by atoms with Crippen LogP contribution in [-0.4, -0.2) is 59.5 Å². The van der Waals surface area contributed by atoms with Crippen LogP contribution in [0.2, 0.25) is 0 Å². The summed E-state index contributed by atoms with van der Waals surface area (Å²) in [6.07, 6.45) is 3.36. The number of carbonyl (C=O) groups is 1. The molecule has 0 radical (unpaired) electrons. The van der Waals surface area contributed by atoms with Crippen LogP contribution in [0.1, 0.15) is 13.8 Å². The Morgan fingerprint density at radius 3 is 2.46 bits per heavy atom. The second-order valence-corrected chi connectivity index (χ2v) is 6.60. The van der Waals surface area contributed by atoms with Crippen molar-refractivity contribution in [3.8, 4) is 11.3 Å². The molecule has 28 heavy (non-hydrogen) atoms. The summed E-state index contributed by atoms with van der Waals surface area (Å²) in [6, 6.07) is 10.3. The molecular formula is C21H26N6O. The van der Waals surface area contributed by atoms with Crippen molar-refractivity contribution in [1.82, 2.24) is 19.9 Å². The molecule has 2 aromatic heterocycles. The van der Waals surface area contributed by atoms with E-state index in [1.54, 1.807) is 24.2 Å². The molecule has 1 aromatic carbocycles. The highest BCUT2D eigenvalue weighted by atomic mass is 16.2. The molecule has 0 saturated heterocycles. The van der Waals surface area contributed by atoms with E-state index in [0.717, 1.165) is 41.1 Å². The maximum atomic E-state index is 11.4. The molecule has 0 aliphatic rings. The van der Waals surface area contributed by atoms with Crippen LogP contribution in [0.15, 0.2) is 42.7 Å². The molecule has 0 bridgehead atoms. The number of carbonyl (C=O) groups excluding carboxylic acids is 1. The van der Waals surface area contributed by atoms with Crippen molar-refractivity contribution >= 4 is 28.4 Å². The molecule has 1 N–H and O–H groups in total. The lowest BCUT2D eigenvalue weighted by Gasteiger charge is -2.26. The third-order valence-electron chi connectivity index (χ3n) is 4.85. The molecule has 3 aromatic rings. The Bertz CT molecular complexity index is 957. The van der Waals surface area contributed by atoms with E-state index >= 15 is 0 Å². The van der Waals surface area contributed by atoms with Gasteiger partial charge in [0, 0.05) is 64.3 Å². The van der Waals surface area contributed by atoms with Gasteiger partial charge in [-0.25, -0.2) is 9.97 Å². The predicted molar refractivity (Wildman–Crippen MR) is 114 cm³/mol. The van der Waals surface area contributed by atoms with Crippen molar-refractivity contribution in [2.45, 2.75) is 13.8 Å². The first-order valence-electron chi connectivity index (χ1n) is 9.40. The minimum atomic E-state index is 0.0808. The smallest absolute Gasteiger partial charge is 0.219 e. The third kappa shape index (κ3) is 4.19. The van der Waals surface area contributed by atoms with E-state index in [0.29, 0.717) is 12.4 Å². The second kappa shape index (κ2) is 8.65. The number of anilines is 2. The summed E-state index contributed by atoms with van der Waals surface area (Å²) < 4.78 is 0. The van der Waals surface area contributed by atoms with Crippen LogP contribution in [0.5, 0.6) is 0 Å². The van der Waals surface area contributed by atoms with E-state index in [1.165, 1.54) is 0 Å². The normalized spacial score (nSPS) is 10.7. The lowest BCUT2D eigenvalue weighted by Crippen LogP contribution is -2.35. The number of pyridine rings is 1. The van der Waals surface area contributed by atoms with Gasteiger partial charge in [0.25, 0.3) is 0 Å². The summed E-state index contributed by atoms with van der Waals surface area (Å²) in [4.78, 5) is 28.9. The highest BCUT2D eigenvalue weighted by Gasteiger charge is 2.11. The van der Waals surface area contributed by atoms with Gasteiger partial charge in [-0.15, -0.1) is 0 Å². The monoisotopic (exact) mass is 378 g/mol. The zero-order chi connectivity index (χ0) is 20.1. The molecule has 146 valence electrons. The fourth-order valence-corrected chi connectivity index (χ4v) is 3.04. The molecule has 2 heterocycles. The molecule has 7 heteroatoms. The maximum Gasteiger partial charge on any atom is 0.219 e. The highest BCUT2D eigenvalue weighted by Crippen LogP contribution is 2.26. The Hall–Kier alpha value is -3.22. The SMILES string of the molecule is CCN(CCN(C)C(C)=O)c1ccc(-c2cc3nccnc3c(NC)n2)cc1. The Kier molecular flexibility index (Phi) is 6.03. The zero-order valence-electron chi connectivity index (χ0n) is 16.8. The van der Waals surface area contributed by atoms with E-state index in [1.807, 2.05) is 20.2 Å². The fourth-order valence-electron chi connectivity index (χ4n) is 3.04. The van der Waals surface area contributed by atoms with Gasteiger partial charge in [0.1, 0.15) is 5.52 Å². The number of hydrogen-bond donors (Lipinski definition) is 1. The first-order valence-corrected chi connectivity index (χ1v) is 9.40. The Labute approximate surface area is 165 Å². The van der Waals surface area contributed by atoms with Crippen molar-refractivity contribution in [3.63, 3.8) is 0 Å². The standard InChI is InChI=1S/C21H26N6O/c1-5-27(13-12-26(4)15(2)28)17-8-6-16(7-9-17)18-14-19-20(21(22-3)25-18)24-11-10-23-19/h6-11,14H,5,12-13H2,1-4H3,(H,22,25). The van der Waals surface area contributed by atoms with E-state index < -0.39 is 0 Å². The molecule has 0 atom stereocenters. The number of amides is 1. The Morgan fingerprint density at radius 1 is 1.11 bits per heavy atom. The van der Waals surface area contributed by atoms with Gasteiger partial charge in [-0.1, -0.05) is 12.1 Å². The fraction of sp³-hybridized carbons (Fsp3) is 0.333. The summed E-state index contributed by atoms with van der Waals surface area (Å²) in [7, 11) is 3.66. The largest absolute Gasteiger partial charge is 0.371 e. The predicted octanol–water partition coefficient (Wildman–Crippen LogP) is 3.04. The third-order valence-corrected chi connectivity index (χ3v) is 4.85. The Balaban J connectivity index is 1.84. The topological polar surface area (TPSA) is 74.2 Å². The zero-order valence-corrected chi connectivity index (χ0v) is 16.8. The number of nitrogens with one attached hydrogen (secondary N) is 1.